The normalized spacial score (nSPS) is 15.7. The standard InChI is InChI=1S/C11H14BrN3O2S/c12-9-4-3-8(18-9)11(16)15(7-1-2-7)6-5-10(13)14-17/h3-4,7,17H,1-2,5-6H2,(H2,13,14). The van der Waals surface area contributed by atoms with E-state index in [1.807, 2.05) is 17.0 Å². The lowest BCUT2D eigenvalue weighted by atomic mass is 10.3. The van der Waals surface area contributed by atoms with Gasteiger partial charge < -0.3 is 15.8 Å². The Kier molecular flexibility index (Phi) is 4.23. The van der Waals surface area contributed by atoms with Crippen LogP contribution in [0.25, 0.3) is 0 Å². The lowest BCUT2D eigenvalue weighted by Crippen LogP contribution is -2.35. The van der Waals surface area contributed by atoms with Crippen LogP contribution in [-0.4, -0.2) is 34.4 Å². The molecule has 0 saturated heterocycles. The second-order valence-corrected chi connectivity index (χ2v) is 6.64. The van der Waals surface area contributed by atoms with E-state index in [0.717, 1.165) is 16.6 Å². The van der Waals surface area contributed by atoms with Gasteiger partial charge in [-0.3, -0.25) is 4.79 Å². The van der Waals surface area contributed by atoms with Gasteiger partial charge >= 0.3 is 0 Å². The zero-order chi connectivity index (χ0) is 13.1. The third-order valence-corrected chi connectivity index (χ3v) is 4.38. The molecule has 0 aliphatic heterocycles. The first-order valence-corrected chi connectivity index (χ1v) is 7.25. The van der Waals surface area contributed by atoms with Gasteiger partial charge in [-0.15, -0.1) is 11.3 Å². The molecular formula is C11H14BrN3O2S. The van der Waals surface area contributed by atoms with Crippen LogP contribution in [-0.2, 0) is 0 Å². The number of hydrogen-bond donors (Lipinski definition) is 2. The quantitative estimate of drug-likeness (QED) is 0.376. The molecule has 0 unspecified atom stereocenters. The third kappa shape index (κ3) is 3.23. The predicted octanol–water partition coefficient (Wildman–Crippen LogP) is 2.25. The molecule has 7 heteroatoms. The first-order chi connectivity index (χ1) is 8.61. The van der Waals surface area contributed by atoms with Crippen LogP contribution >= 0.6 is 27.3 Å². The summed E-state index contributed by atoms with van der Waals surface area (Å²) in [4.78, 5) is 14.8. The first-order valence-electron chi connectivity index (χ1n) is 5.64. The third-order valence-electron chi connectivity index (χ3n) is 2.77. The van der Waals surface area contributed by atoms with Gasteiger partial charge in [0.05, 0.1) is 8.66 Å². The Morgan fingerprint density at radius 1 is 1.61 bits per heavy atom. The smallest absolute Gasteiger partial charge is 0.264 e. The van der Waals surface area contributed by atoms with Crippen molar-refractivity contribution in [3.63, 3.8) is 0 Å². The number of rotatable bonds is 5. The van der Waals surface area contributed by atoms with Crippen LogP contribution in [0.4, 0.5) is 0 Å². The molecule has 98 valence electrons. The van der Waals surface area contributed by atoms with Crippen molar-refractivity contribution in [2.75, 3.05) is 6.54 Å². The molecule has 1 aliphatic carbocycles. The fourth-order valence-electron chi connectivity index (χ4n) is 1.69. The molecule has 0 spiro atoms. The molecule has 5 nitrogen and oxygen atoms in total. The molecule has 1 aromatic rings. The zero-order valence-electron chi connectivity index (χ0n) is 9.67. The largest absolute Gasteiger partial charge is 0.409 e. The van der Waals surface area contributed by atoms with Crippen LogP contribution in [0, 0.1) is 0 Å². The second kappa shape index (κ2) is 5.71. The lowest BCUT2D eigenvalue weighted by Gasteiger charge is -2.21. The molecule has 1 amide bonds. The van der Waals surface area contributed by atoms with Crippen molar-refractivity contribution in [2.45, 2.75) is 25.3 Å². The number of carbonyl (C=O) groups excluding carboxylic acids is 1. The van der Waals surface area contributed by atoms with Crippen LogP contribution < -0.4 is 5.73 Å². The van der Waals surface area contributed by atoms with E-state index in [4.69, 9.17) is 10.9 Å². The summed E-state index contributed by atoms with van der Waals surface area (Å²) < 4.78 is 0.943. The summed E-state index contributed by atoms with van der Waals surface area (Å²) in [7, 11) is 0. The molecular weight excluding hydrogens is 318 g/mol. The Bertz CT molecular complexity index is 471. The van der Waals surface area contributed by atoms with Gasteiger partial charge in [-0.05, 0) is 40.9 Å². The molecule has 1 aliphatic rings. The number of thiophene rings is 1. The maximum Gasteiger partial charge on any atom is 0.264 e. The fourth-order valence-corrected chi connectivity index (χ4v) is 3.03. The van der Waals surface area contributed by atoms with E-state index in [-0.39, 0.29) is 11.7 Å². The van der Waals surface area contributed by atoms with Crippen molar-refractivity contribution in [1.29, 1.82) is 0 Å². The zero-order valence-corrected chi connectivity index (χ0v) is 12.1. The van der Waals surface area contributed by atoms with Crippen LogP contribution in [0.3, 0.4) is 0 Å². The van der Waals surface area contributed by atoms with E-state index in [2.05, 4.69) is 21.1 Å². The molecule has 0 radical (unpaired) electrons. The number of hydrogen-bond acceptors (Lipinski definition) is 4. The van der Waals surface area contributed by atoms with Gasteiger partial charge in [0.25, 0.3) is 5.91 Å². The van der Waals surface area contributed by atoms with Gasteiger partial charge in [-0.1, -0.05) is 5.16 Å². The van der Waals surface area contributed by atoms with Crippen molar-refractivity contribution >= 4 is 39.0 Å². The average molecular weight is 332 g/mol. The molecule has 2 rings (SSSR count). The predicted molar refractivity (Wildman–Crippen MR) is 74.1 cm³/mol. The number of amides is 1. The second-order valence-electron chi connectivity index (χ2n) is 4.17. The number of halogens is 1. The van der Waals surface area contributed by atoms with Crippen molar-refractivity contribution in [1.82, 2.24) is 4.90 Å². The highest BCUT2D eigenvalue weighted by atomic mass is 79.9. The van der Waals surface area contributed by atoms with Crippen molar-refractivity contribution < 1.29 is 10.0 Å². The Hall–Kier alpha value is -1.08. The van der Waals surface area contributed by atoms with Crippen LogP contribution in [0.5, 0.6) is 0 Å². The van der Waals surface area contributed by atoms with Gasteiger partial charge in [0.2, 0.25) is 0 Å². The molecule has 0 aromatic carbocycles. The Morgan fingerprint density at radius 3 is 2.83 bits per heavy atom. The summed E-state index contributed by atoms with van der Waals surface area (Å²) in [5.41, 5.74) is 5.44. The van der Waals surface area contributed by atoms with Crippen LogP contribution in [0.2, 0.25) is 0 Å². The van der Waals surface area contributed by atoms with Crippen molar-refractivity contribution in [2.24, 2.45) is 10.9 Å². The topological polar surface area (TPSA) is 78.9 Å². The molecule has 3 N–H and O–H groups in total. The van der Waals surface area contributed by atoms with E-state index < -0.39 is 0 Å². The highest BCUT2D eigenvalue weighted by molar-refractivity contribution is 9.11. The lowest BCUT2D eigenvalue weighted by molar-refractivity contribution is 0.0752. The minimum absolute atomic E-state index is 0.0268. The molecule has 1 saturated carbocycles. The summed E-state index contributed by atoms with van der Waals surface area (Å²) in [6, 6.07) is 3.99. The Balaban J connectivity index is 2.03. The number of carbonyl (C=O) groups is 1. The van der Waals surface area contributed by atoms with E-state index >= 15 is 0 Å². The van der Waals surface area contributed by atoms with E-state index in [1.54, 1.807) is 0 Å². The van der Waals surface area contributed by atoms with E-state index in [1.165, 1.54) is 11.3 Å². The van der Waals surface area contributed by atoms with Crippen molar-refractivity contribution in [3.05, 3.63) is 20.8 Å². The Labute approximate surface area is 117 Å². The molecule has 1 aromatic heterocycles. The SMILES string of the molecule is NC(CCN(C(=O)c1ccc(Br)s1)C1CC1)=NO. The van der Waals surface area contributed by atoms with Gasteiger partial charge in [0.1, 0.15) is 5.84 Å². The summed E-state index contributed by atoms with van der Waals surface area (Å²) in [6.07, 6.45) is 2.47. The Morgan fingerprint density at radius 2 is 2.33 bits per heavy atom. The van der Waals surface area contributed by atoms with Crippen LogP contribution in [0.15, 0.2) is 21.1 Å². The highest BCUT2D eigenvalue weighted by Gasteiger charge is 2.33. The minimum Gasteiger partial charge on any atom is -0.409 e. The summed E-state index contributed by atoms with van der Waals surface area (Å²) in [5, 5.41) is 11.4. The van der Waals surface area contributed by atoms with Crippen LogP contribution in [0.1, 0.15) is 28.9 Å². The highest BCUT2D eigenvalue weighted by Crippen LogP contribution is 2.30. The summed E-state index contributed by atoms with van der Waals surface area (Å²) >= 11 is 4.78. The maximum absolute atomic E-state index is 12.3. The van der Waals surface area contributed by atoms with E-state index in [0.29, 0.717) is 23.9 Å². The number of nitrogens with zero attached hydrogens (tertiary/aromatic N) is 2. The summed E-state index contributed by atoms with van der Waals surface area (Å²) in [6.45, 7) is 0.495. The van der Waals surface area contributed by atoms with Gasteiger partial charge in [-0.2, -0.15) is 0 Å². The number of amidine groups is 1. The van der Waals surface area contributed by atoms with Gasteiger partial charge in [0.15, 0.2) is 0 Å². The fraction of sp³-hybridized carbons (Fsp3) is 0.455. The van der Waals surface area contributed by atoms with Crippen molar-refractivity contribution in [3.8, 4) is 0 Å². The average Bonchev–Trinajstić information content (AvgIpc) is 3.10. The maximum atomic E-state index is 12.3. The molecule has 0 bridgehead atoms. The summed E-state index contributed by atoms with van der Waals surface area (Å²) in [5.74, 6) is 0.180. The first kappa shape index (κ1) is 13.4. The molecule has 1 fully saturated rings. The van der Waals surface area contributed by atoms with Gasteiger partial charge in [0, 0.05) is 19.0 Å². The number of oxime groups is 1. The molecule has 0 atom stereocenters. The van der Waals surface area contributed by atoms with E-state index in [9.17, 15) is 4.79 Å². The monoisotopic (exact) mass is 331 g/mol. The number of nitrogens with two attached hydrogens (primary N) is 1. The molecule has 18 heavy (non-hydrogen) atoms. The van der Waals surface area contributed by atoms with Gasteiger partial charge in [-0.25, -0.2) is 0 Å². The molecule has 1 heterocycles. The minimum atomic E-state index is 0.0268.